The lowest BCUT2D eigenvalue weighted by molar-refractivity contribution is 0.265. The molecule has 7 nitrogen and oxygen atoms in total. The molecule has 0 spiro atoms. The molecule has 9 heteroatoms. The van der Waals surface area contributed by atoms with Crippen LogP contribution in [0.1, 0.15) is 31.4 Å². The molecule has 1 atom stereocenters. The van der Waals surface area contributed by atoms with Gasteiger partial charge in [-0.2, -0.15) is 0 Å². The highest BCUT2D eigenvalue weighted by molar-refractivity contribution is 14.0. The largest absolute Gasteiger partial charge is 0.369 e. The summed E-state index contributed by atoms with van der Waals surface area (Å²) in [6.45, 7) is 15.0. The molecule has 1 fully saturated rings. The topological polar surface area (TPSA) is 77.0 Å². The van der Waals surface area contributed by atoms with Crippen molar-refractivity contribution >= 4 is 45.5 Å². The van der Waals surface area contributed by atoms with Crippen molar-refractivity contribution in [3.05, 3.63) is 29.3 Å². The smallest absolute Gasteiger partial charge is 0.191 e. The van der Waals surface area contributed by atoms with Gasteiger partial charge in [0.2, 0.25) is 0 Å². The van der Waals surface area contributed by atoms with E-state index in [1.54, 1.807) is 0 Å². The Balaban J connectivity index is 0.00000480. The minimum Gasteiger partial charge on any atom is -0.369 e. The summed E-state index contributed by atoms with van der Waals surface area (Å²) in [5.41, 5.74) is 4.08. The van der Waals surface area contributed by atoms with Crippen LogP contribution in [0.2, 0.25) is 0 Å². The molecule has 1 aromatic rings. The van der Waals surface area contributed by atoms with Crippen LogP contribution in [-0.2, 0) is 9.84 Å². The van der Waals surface area contributed by atoms with Crippen molar-refractivity contribution in [2.75, 3.05) is 62.7 Å². The van der Waals surface area contributed by atoms with Crippen molar-refractivity contribution in [3.63, 3.8) is 0 Å². The van der Waals surface area contributed by atoms with E-state index in [1.807, 2.05) is 13.8 Å². The molecule has 1 aromatic carbocycles. The predicted octanol–water partition coefficient (Wildman–Crippen LogP) is 2.42. The Kier molecular flexibility index (Phi) is 12.2. The maximum absolute atomic E-state index is 11.4. The van der Waals surface area contributed by atoms with Gasteiger partial charge in [-0.3, -0.25) is 9.89 Å². The van der Waals surface area contributed by atoms with Gasteiger partial charge in [-0.05, 0) is 51.3 Å². The lowest BCUT2D eigenvalue weighted by Gasteiger charge is -2.36. The Morgan fingerprint density at radius 2 is 1.87 bits per heavy atom. The fraction of sp³-hybridized carbons (Fsp3) is 0.682. The first-order valence-corrected chi connectivity index (χ1v) is 13.0. The number of aryl methyl sites for hydroxylation is 1. The zero-order chi connectivity index (χ0) is 22.1. The molecule has 0 saturated carbocycles. The minimum atomic E-state index is -2.94. The summed E-state index contributed by atoms with van der Waals surface area (Å²) in [4.78, 5) is 9.63. The van der Waals surface area contributed by atoms with E-state index < -0.39 is 9.84 Å². The van der Waals surface area contributed by atoms with E-state index in [1.165, 1.54) is 23.1 Å². The number of piperazine rings is 1. The second-order valence-corrected chi connectivity index (χ2v) is 10.5. The van der Waals surface area contributed by atoms with Crippen molar-refractivity contribution in [2.24, 2.45) is 4.99 Å². The number of guanidine groups is 1. The second-order valence-electron chi connectivity index (χ2n) is 8.27. The summed E-state index contributed by atoms with van der Waals surface area (Å²) < 4.78 is 22.7. The molecule has 0 aliphatic carbocycles. The van der Waals surface area contributed by atoms with Crippen LogP contribution in [0, 0.1) is 13.8 Å². The maximum Gasteiger partial charge on any atom is 0.191 e. The van der Waals surface area contributed by atoms with E-state index in [9.17, 15) is 8.42 Å². The Bertz CT molecular complexity index is 808. The first-order chi connectivity index (χ1) is 14.2. The SMILES string of the molecule is CCNC(=NCCN1CCN(c2cccc(C)c2C)CC1)NC(C)CCS(C)(=O)=O.I. The number of benzene rings is 1. The number of hydrogen-bond acceptors (Lipinski definition) is 5. The summed E-state index contributed by atoms with van der Waals surface area (Å²) in [5, 5.41) is 6.57. The standard InChI is InChI=1S/C22H39N5O2S.HI/c1-6-23-22(25-19(3)10-17-30(5,28)29)24-11-12-26-13-15-27(16-14-26)21-9-7-8-18(2)20(21)4;/h7-9,19H,6,10-17H2,1-5H3,(H2,23,24,25);1H. The minimum absolute atomic E-state index is 0. The van der Waals surface area contributed by atoms with Crippen LogP contribution >= 0.6 is 24.0 Å². The lowest BCUT2D eigenvalue weighted by Crippen LogP contribution is -2.47. The lowest BCUT2D eigenvalue weighted by atomic mass is 10.1. The second kappa shape index (κ2) is 13.5. The van der Waals surface area contributed by atoms with Crippen molar-refractivity contribution < 1.29 is 8.42 Å². The number of anilines is 1. The van der Waals surface area contributed by atoms with Gasteiger partial charge in [-0.15, -0.1) is 24.0 Å². The molecule has 2 rings (SSSR count). The van der Waals surface area contributed by atoms with Crippen molar-refractivity contribution in [3.8, 4) is 0 Å². The van der Waals surface area contributed by atoms with E-state index in [0.29, 0.717) is 6.42 Å². The molecule has 1 aliphatic rings. The number of sulfone groups is 1. The molecule has 0 radical (unpaired) electrons. The summed E-state index contributed by atoms with van der Waals surface area (Å²) in [5.74, 6) is 0.943. The molecule has 1 aliphatic heterocycles. The van der Waals surface area contributed by atoms with Crippen LogP contribution in [0.25, 0.3) is 0 Å². The van der Waals surface area contributed by atoms with Gasteiger partial charge < -0.3 is 15.5 Å². The molecule has 178 valence electrons. The van der Waals surface area contributed by atoms with Crippen molar-refractivity contribution in [1.29, 1.82) is 0 Å². The Hall–Kier alpha value is -1.07. The van der Waals surface area contributed by atoms with Gasteiger partial charge in [0.05, 0.1) is 12.3 Å². The fourth-order valence-corrected chi connectivity index (χ4v) is 4.39. The zero-order valence-electron chi connectivity index (χ0n) is 19.6. The predicted molar refractivity (Wildman–Crippen MR) is 143 cm³/mol. The first kappa shape index (κ1) is 28.0. The summed E-state index contributed by atoms with van der Waals surface area (Å²) in [6.07, 6.45) is 1.85. The Morgan fingerprint density at radius 1 is 1.19 bits per heavy atom. The Morgan fingerprint density at radius 3 is 2.48 bits per heavy atom. The molecule has 0 bridgehead atoms. The summed E-state index contributed by atoms with van der Waals surface area (Å²) >= 11 is 0. The van der Waals surface area contributed by atoms with Gasteiger partial charge in [0.25, 0.3) is 0 Å². The van der Waals surface area contributed by atoms with Crippen LogP contribution in [-0.4, -0.2) is 83.1 Å². The van der Waals surface area contributed by atoms with Gasteiger partial charge in [0, 0.05) is 57.3 Å². The monoisotopic (exact) mass is 565 g/mol. The van der Waals surface area contributed by atoms with Crippen LogP contribution < -0.4 is 15.5 Å². The fourth-order valence-electron chi connectivity index (χ4n) is 3.61. The van der Waals surface area contributed by atoms with Gasteiger partial charge in [0.1, 0.15) is 9.84 Å². The van der Waals surface area contributed by atoms with E-state index in [-0.39, 0.29) is 35.8 Å². The first-order valence-electron chi connectivity index (χ1n) is 11.0. The zero-order valence-corrected chi connectivity index (χ0v) is 22.8. The third-order valence-electron chi connectivity index (χ3n) is 5.62. The number of rotatable bonds is 9. The van der Waals surface area contributed by atoms with Crippen molar-refractivity contribution in [2.45, 2.75) is 40.2 Å². The molecule has 1 heterocycles. The molecular weight excluding hydrogens is 525 g/mol. The van der Waals surface area contributed by atoms with Gasteiger partial charge in [-0.25, -0.2) is 8.42 Å². The third kappa shape index (κ3) is 9.95. The average molecular weight is 566 g/mol. The highest BCUT2D eigenvalue weighted by atomic mass is 127. The van der Waals surface area contributed by atoms with Crippen LogP contribution in [0.5, 0.6) is 0 Å². The Labute approximate surface area is 206 Å². The van der Waals surface area contributed by atoms with E-state index in [2.05, 4.69) is 57.5 Å². The molecule has 0 aromatic heterocycles. The number of hydrogen-bond donors (Lipinski definition) is 2. The molecule has 0 amide bonds. The number of nitrogens with zero attached hydrogens (tertiary/aromatic N) is 3. The number of halogens is 1. The van der Waals surface area contributed by atoms with E-state index >= 15 is 0 Å². The molecule has 1 saturated heterocycles. The van der Waals surface area contributed by atoms with Crippen molar-refractivity contribution in [1.82, 2.24) is 15.5 Å². The summed E-state index contributed by atoms with van der Waals surface area (Å²) in [7, 11) is -2.94. The highest BCUT2D eigenvalue weighted by Crippen LogP contribution is 2.23. The van der Waals surface area contributed by atoms with Gasteiger partial charge >= 0.3 is 0 Å². The van der Waals surface area contributed by atoms with Gasteiger partial charge in [0.15, 0.2) is 5.96 Å². The van der Waals surface area contributed by atoms with E-state index in [4.69, 9.17) is 0 Å². The summed E-state index contributed by atoms with van der Waals surface area (Å²) in [6, 6.07) is 6.59. The molecule has 2 N–H and O–H groups in total. The average Bonchev–Trinajstić information content (AvgIpc) is 2.69. The third-order valence-corrected chi connectivity index (χ3v) is 6.60. The number of nitrogens with one attached hydrogen (secondary N) is 2. The molecular formula is C22H40IN5O2S. The number of aliphatic imine (C=N–C) groups is 1. The van der Waals surface area contributed by atoms with Crippen LogP contribution in [0.4, 0.5) is 5.69 Å². The highest BCUT2D eigenvalue weighted by Gasteiger charge is 2.18. The maximum atomic E-state index is 11.4. The molecule has 1 unspecified atom stereocenters. The molecule has 31 heavy (non-hydrogen) atoms. The van der Waals surface area contributed by atoms with Crippen LogP contribution in [0.15, 0.2) is 23.2 Å². The van der Waals surface area contributed by atoms with Gasteiger partial charge in [-0.1, -0.05) is 12.1 Å². The quantitative estimate of drug-likeness (QED) is 0.272. The van der Waals surface area contributed by atoms with E-state index in [0.717, 1.165) is 51.8 Å². The van der Waals surface area contributed by atoms with Crippen LogP contribution in [0.3, 0.4) is 0 Å². The normalized spacial score (nSPS) is 16.5.